The lowest BCUT2D eigenvalue weighted by Crippen LogP contribution is -2.32. The Morgan fingerprint density at radius 1 is 1.45 bits per heavy atom. The third kappa shape index (κ3) is 4.53. The minimum Gasteiger partial charge on any atom is -0.496 e. The maximum atomic E-state index is 11.5. The van der Waals surface area contributed by atoms with Crippen LogP contribution < -0.4 is 4.74 Å². The van der Waals surface area contributed by atoms with Gasteiger partial charge in [-0.2, -0.15) is 11.8 Å². The van der Waals surface area contributed by atoms with E-state index in [0.717, 1.165) is 35.6 Å². The summed E-state index contributed by atoms with van der Waals surface area (Å²) in [6.45, 7) is 4.60. The first-order valence-corrected chi connectivity index (χ1v) is 8.29. The molecule has 0 saturated heterocycles. The van der Waals surface area contributed by atoms with E-state index in [0.29, 0.717) is 6.04 Å². The molecule has 0 fully saturated rings. The van der Waals surface area contributed by atoms with Crippen molar-refractivity contribution in [1.82, 2.24) is 4.90 Å². The van der Waals surface area contributed by atoms with Crippen molar-refractivity contribution in [3.63, 3.8) is 0 Å². The van der Waals surface area contributed by atoms with Gasteiger partial charge in [-0.25, -0.2) is 0 Å². The van der Waals surface area contributed by atoms with E-state index in [4.69, 9.17) is 4.74 Å². The molecule has 1 rings (SSSR count). The van der Waals surface area contributed by atoms with E-state index < -0.39 is 0 Å². The Labute approximate surface area is 126 Å². The van der Waals surface area contributed by atoms with Crippen molar-refractivity contribution in [1.29, 1.82) is 0 Å². The number of carbonyl (C=O) groups is 1. The maximum Gasteiger partial charge on any atom is 0.159 e. The minimum absolute atomic E-state index is 0.0905. The number of ketones is 1. The first-order chi connectivity index (χ1) is 9.53. The molecule has 0 aromatic heterocycles. The maximum absolute atomic E-state index is 11.5. The van der Waals surface area contributed by atoms with Crippen LogP contribution in [-0.4, -0.2) is 42.9 Å². The van der Waals surface area contributed by atoms with Gasteiger partial charge < -0.3 is 4.74 Å². The molecule has 0 N–H and O–H groups in total. The van der Waals surface area contributed by atoms with E-state index in [2.05, 4.69) is 25.1 Å². The number of nitrogens with zero attached hydrogens (tertiary/aromatic N) is 1. The molecule has 1 aromatic carbocycles. The summed E-state index contributed by atoms with van der Waals surface area (Å²) in [4.78, 5) is 13.8. The number of thioether (sulfide) groups is 1. The predicted molar refractivity (Wildman–Crippen MR) is 86.9 cm³/mol. The molecule has 3 nitrogen and oxygen atoms in total. The van der Waals surface area contributed by atoms with Crippen molar-refractivity contribution < 1.29 is 9.53 Å². The van der Waals surface area contributed by atoms with Gasteiger partial charge in [0.05, 0.1) is 7.11 Å². The van der Waals surface area contributed by atoms with Gasteiger partial charge in [-0.3, -0.25) is 9.69 Å². The molecule has 112 valence electrons. The number of ether oxygens (including phenoxy) is 1. The molecule has 4 heteroatoms. The topological polar surface area (TPSA) is 29.5 Å². The van der Waals surface area contributed by atoms with Gasteiger partial charge in [0.2, 0.25) is 0 Å². The Balaban J connectivity index is 2.93. The van der Waals surface area contributed by atoms with E-state index in [1.54, 1.807) is 14.0 Å². The lowest BCUT2D eigenvalue weighted by atomic mass is 10.1. The monoisotopic (exact) mass is 295 g/mol. The molecule has 0 aliphatic rings. The lowest BCUT2D eigenvalue weighted by molar-refractivity contribution is 0.101. The van der Waals surface area contributed by atoms with Gasteiger partial charge in [0.15, 0.2) is 5.78 Å². The van der Waals surface area contributed by atoms with Crippen molar-refractivity contribution in [3.05, 3.63) is 29.3 Å². The molecule has 0 aliphatic carbocycles. The van der Waals surface area contributed by atoms with Crippen LogP contribution in [0.3, 0.4) is 0 Å². The molecule has 0 amide bonds. The smallest absolute Gasteiger partial charge is 0.159 e. The molecule has 1 atom stereocenters. The van der Waals surface area contributed by atoms with Crippen molar-refractivity contribution >= 4 is 17.5 Å². The fourth-order valence-electron chi connectivity index (χ4n) is 2.27. The molecule has 1 aromatic rings. The van der Waals surface area contributed by atoms with Crippen molar-refractivity contribution in [2.24, 2.45) is 0 Å². The highest BCUT2D eigenvalue weighted by molar-refractivity contribution is 7.98. The molecular formula is C16H25NO2S. The van der Waals surface area contributed by atoms with Gasteiger partial charge in [0.25, 0.3) is 0 Å². The first kappa shape index (κ1) is 17.1. The van der Waals surface area contributed by atoms with Gasteiger partial charge in [0, 0.05) is 29.5 Å². The van der Waals surface area contributed by atoms with E-state index in [-0.39, 0.29) is 5.78 Å². The second kappa shape index (κ2) is 8.32. The van der Waals surface area contributed by atoms with Gasteiger partial charge in [-0.05, 0) is 44.8 Å². The summed E-state index contributed by atoms with van der Waals surface area (Å²) < 4.78 is 5.41. The molecule has 0 bridgehead atoms. The third-order valence-corrected chi connectivity index (χ3v) is 4.28. The number of methoxy groups -OCH3 is 1. The molecule has 20 heavy (non-hydrogen) atoms. The van der Waals surface area contributed by atoms with Crippen LogP contribution in [0, 0.1) is 0 Å². The second-order valence-electron chi connectivity index (χ2n) is 5.02. The van der Waals surface area contributed by atoms with Crippen LogP contribution in [0.4, 0.5) is 0 Å². The Hall–Kier alpha value is -1.00. The van der Waals surface area contributed by atoms with Gasteiger partial charge >= 0.3 is 0 Å². The quantitative estimate of drug-likeness (QED) is 0.687. The highest BCUT2D eigenvalue weighted by Gasteiger charge is 2.15. The van der Waals surface area contributed by atoms with Gasteiger partial charge in [0.1, 0.15) is 5.75 Å². The van der Waals surface area contributed by atoms with Gasteiger partial charge in [-0.1, -0.05) is 6.92 Å². The molecule has 0 spiro atoms. The summed E-state index contributed by atoms with van der Waals surface area (Å²) in [5.74, 6) is 2.05. The average molecular weight is 295 g/mol. The first-order valence-electron chi connectivity index (χ1n) is 6.90. The minimum atomic E-state index is 0.0905. The van der Waals surface area contributed by atoms with E-state index in [1.807, 2.05) is 30.0 Å². The molecular weight excluding hydrogens is 270 g/mol. The summed E-state index contributed by atoms with van der Waals surface area (Å²) in [6.07, 6.45) is 3.25. The van der Waals surface area contributed by atoms with Crippen molar-refractivity contribution in [3.8, 4) is 5.75 Å². The van der Waals surface area contributed by atoms with E-state index in [9.17, 15) is 4.79 Å². The standard InChI is InChI=1S/C16H25NO2S/c1-6-15(11-20-5)17(3)10-14-9-13(12(2)18)7-8-16(14)19-4/h7-9,15H,6,10-11H2,1-5H3. The van der Waals surface area contributed by atoms with Crippen molar-refractivity contribution in [2.75, 3.05) is 26.2 Å². The van der Waals surface area contributed by atoms with Crippen LogP contribution in [0.25, 0.3) is 0 Å². The van der Waals surface area contributed by atoms with Crippen molar-refractivity contribution in [2.45, 2.75) is 32.9 Å². The van der Waals surface area contributed by atoms with Crippen LogP contribution >= 0.6 is 11.8 Å². The fraction of sp³-hybridized carbons (Fsp3) is 0.562. The molecule has 0 aliphatic heterocycles. The zero-order valence-electron chi connectivity index (χ0n) is 13.1. The summed E-state index contributed by atoms with van der Waals surface area (Å²) in [6, 6.07) is 6.19. The van der Waals surface area contributed by atoms with Crippen LogP contribution in [-0.2, 0) is 6.54 Å². The van der Waals surface area contributed by atoms with E-state index in [1.165, 1.54) is 0 Å². The Bertz CT molecular complexity index is 448. The Kier molecular flexibility index (Phi) is 7.10. The number of carbonyl (C=O) groups excluding carboxylic acids is 1. The largest absolute Gasteiger partial charge is 0.496 e. The summed E-state index contributed by atoms with van der Waals surface area (Å²) in [5, 5.41) is 0. The number of hydrogen-bond donors (Lipinski definition) is 0. The highest BCUT2D eigenvalue weighted by Crippen LogP contribution is 2.23. The molecule has 1 unspecified atom stereocenters. The summed E-state index contributed by atoms with van der Waals surface area (Å²) >= 11 is 1.86. The zero-order chi connectivity index (χ0) is 15.1. The lowest BCUT2D eigenvalue weighted by Gasteiger charge is -2.27. The number of rotatable bonds is 8. The van der Waals surface area contributed by atoms with Crippen LogP contribution in [0.2, 0.25) is 0 Å². The van der Waals surface area contributed by atoms with Gasteiger partial charge in [-0.15, -0.1) is 0 Å². The molecule has 0 saturated carbocycles. The Morgan fingerprint density at radius 2 is 2.15 bits per heavy atom. The number of Topliss-reactive ketones (excluding diaryl/α,β-unsaturated/α-hetero) is 1. The Morgan fingerprint density at radius 3 is 2.65 bits per heavy atom. The molecule has 0 heterocycles. The summed E-state index contributed by atoms with van der Waals surface area (Å²) in [7, 11) is 3.80. The van der Waals surface area contributed by atoms with Crippen LogP contribution in [0.5, 0.6) is 5.75 Å². The predicted octanol–water partition coefficient (Wildman–Crippen LogP) is 3.47. The van der Waals surface area contributed by atoms with Crippen LogP contribution in [0.15, 0.2) is 18.2 Å². The number of hydrogen-bond acceptors (Lipinski definition) is 4. The zero-order valence-corrected chi connectivity index (χ0v) is 13.9. The van der Waals surface area contributed by atoms with E-state index >= 15 is 0 Å². The fourth-order valence-corrected chi connectivity index (χ4v) is 3.14. The number of benzene rings is 1. The van der Waals surface area contributed by atoms with Crippen LogP contribution in [0.1, 0.15) is 36.2 Å². The summed E-state index contributed by atoms with van der Waals surface area (Å²) in [5.41, 5.74) is 1.81. The highest BCUT2D eigenvalue weighted by atomic mass is 32.2. The SMILES string of the molecule is CCC(CSC)N(C)Cc1cc(C(C)=O)ccc1OC. The third-order valence-electron chi connectivity index (χ3n) is 3.56. The average Bonchev–Trinajstić information content (AvgIpc) is 2.44. The molecule has 0 radical (unpaired) electrons. The second-order valence-corrected chi connectivity index (χ2v) is 5.93. The normalized spacial score (nSPS) is 12.5.